The molecule has 1 N–H and O–H groups in total. The van der Waals surface area contributed by atoms with Gasteiger partial charge >= 0.3 is 0 Å². The van der Waals surface area contributed by atoms with Gasteiger partial charge < -0.3 is 9.84 Å². The molecule has 210 valence electrons. The van der Waals surface area contributed by atoms with Crippen molar-refractivity contribution in [2.24, 2.45) is 40.4 Å². The molecule has 1 heterocycles. The van der Waals surface area contributed by atoms with Crippen LogP contribution in [-0.4, -0.2) is 80.3 Å². The summed E-state index contributed by atoms with van der Waals surface area (Å²) in [5.74, 6) is 0.505. The summed E-state index contributed by atoms with van der Waals surface area (Å²) in [7, 11) is -3.70. The van der Waals surface area contributed by atoms with Crippen LogP contribution in [0.5, 0.6) is 0 Å². The van der Waals surface area contributed by atoms with Crippen LogP contribution in [-0.2, 0) is 28.6 Å². The first-order valence-corrected chi connectivity index (χ1v) is 15.9. The van der Waals surface area contributed by atoms with Crippen LogP contribution in [0, 0.1) is 40.4 Å². The molecule has 37 heavy (non-hydrogen) atoms. The maximum atomic E-state index is 14.1. The fraction of sp³-hybridized carbons (Fsp3) is 0.929. The van der Waals surface area contributed by atoms with Gasteiger partial charge in [-0.15, -0.1) is 0 Å². The van der Waals surface area contributed by atoms with Gasteiger partial charge in [-0.3, -0.25) is 18.7 Å². The van der Waals surface area contributed by atoms with E-state index in [2.05, 4.69) is 32.6 Å². The Labute approximate surface area is 222 Å². The molecular formula is C28H45NO7S. The summed E-state index contributed by atoms with van der Waals surface area (Å²) in [6.45, 7) is 10.4. The molecule has 0 aromatic rings. The minimum Gasteiger partial charge on any atom is -0.391 e. The van der Waals surface area contributed by atoms with E-state index >= 15 is 0 Å². The number of hydrogen-bond acceptors (Lipinski definition) is 8. The molecule has 0 radical (unpaired) electrons. The topological polar surface area (TPSA) is 110 Å². The number of Topliss-reactive ketones (excluding diaryl/α,β-unsaturated/α-hetero) is 2. The van der Waals surface area contributed by atoms with Crippen LogP contribution in [0.3, 0.4) is 0 Å². The number of carbonyl (C=O) groups excluding carboxylic acids is 2. The average molecular weight is 540 g/mol. The van der Waals surface area contributed by atoms with Gasteiger partial charge in [0.15, 0.2) is 5.78 Å². The van der Waals surface area contributed by atoms with Gasteiger partial charge in [-0.25, -0.2) is 0 Å². The van der Waals surface area contributed by atoms with E-state index in [0.717, 1.165) is 51.4 Å². The van der Waals surface area contributed by atoms with E-state index in [-0.39, 0.29) is 52.3 Å². The molecule has 0 unspecified atom stereocenters. The van der Waals surface area contributed by atoms with Gasteiger partial charge in [-0.1, -0.05) is 13.8 Å². The predicted octanol–water partition coefficient (Wildman–Crippen LogP) is 2.82. The summed E-state index contributed by atoms with van der Waals surface area (Å²) >= 11 is 0. The zero-order valence-corrected chi connectivity index (χ0v) is 23.9. The van der Waals surface area contributed by atoms with Crippen LogP contribution >= 0.6 is 0 Å². The Morgan fingerprint density at radius 1 is 1.14 bits per heavy atom. The Morgan fingerprint density at radius 3 is 2.54 bits per heavy atom. The highest BCUT2D eigenvalue weighted by molar-refractivity contribution is 7.86. The van der Waals surface area contributed by atoms with Crippen molar-refractivity contribution in [1.82, 2.24) is 4.90 Å². The third-order valence-corrected chi connectivity index (χ3v) is 11.6. The number of carbonyl (C=O) groups is 2. The fourth-order valence-electron chi connectivity index (χ4n) is 9.60. The van der Waals surface area contributed by atoms with E-state index in [9.17, 15) is 23.1 Å². The Morgan fingerprint density at radius 2 is 1.86 bits per heavy atom. The van der Waals surface area contributed by atoms with E-state index in [1.807, 2.05) is 0 Å². The Kier molecular flexibility index (Phi) is 7.00. The van der Waals surface area contributed by atoms with E-state index in [1.54, 1.807) is 0 Å². The summed E-state index contributed by atoms with van der Waals surface area (Å²) < 4.78 is 33.7. The maximum Gasteiger partial charge on any atom is 0.264 e. The summed E-state index contributed by atoms with van der Waals surface area (Å²) in [4.78, 5) is 29.5. The van der Waals surface area contributed by atoms with Gasteiger partial charge in [0, 0.05) is 37.4 Å². The van der Waals surface area contributed by atoms with Crippen molar-refractivity contribution in [3.63, 3.8) is 0 Å². The lowest BCUT2D eigenvalue weighted by Crippen LogP contribution is -2.64. The van der Waals surface area contributed by atoms with Gasteiger partial charge in [-0.2, -0.15) is 8.42 Å². The normalized spacial score (nSPS) is 46.1. The van der Waals surface area contributed by atoms with Crippen molar-refractivity contribution in [2.75, 3.05) is 32.6 Å². The van der Waals surface area contributed by atoms with E-state index in [4.69, 9.17) is 8.92 Å². The third-order valence-electron chi connectivity index (χ3n) is 11.1. The van der Waals surface area contributed by atoms with Gasteiger partial charge in [0.05, 0.1) is 24.6 Å². The number of ether oxygens (including phenoxy) is 1. The first-order chi connectivity index (χ1) is 17.1. The highest BCUT2D eigenvalue weighted by Gasteiger charge is 2.65. The van der Waals surface area contributed by atoms with Crippen LogP contribution < -0.4 is 0 Å². The number of rotatable bonds is 5. The maximum absolute atomic E-state index is 14.1. The molecular weight excluding hydrogens is 494 g/mol. The lowest BCUT2D eigenvalue weighted by Gasteiger charge is -2.62. The number of morpholine rings is 1. The molecule has 0 spiro atoms. The van der Waals surface area contributed by atoms with Crippen molar-refractivity contribution >= 4 is 21.7 Å². The molecule has 0 amide bonds. The summed E-state index contributed by atoms with van der Waals surface area (Å²) in [5.41, 5.74) is -0.865. The SMILES string of the molecule is CC1(C)CN([C@H]2C[C@@]3(C)[C@@H](CC[C@H]4[C@@H]5CC[C@H](C(=O)COS(C)(=O)=O)[C@@]5(C)CC(=O)[C@@H]43)C[C@@H]2O)CCO1. The largest absolute Gasteiger partial charge is 0.391 e. The summed E-state index contributed by atoms with van der Waals surface area (Å²) in [6.07, 6.45) is 6.03. The second kappa shape index (κ2) is 9.36. The second-order valence-electron chi connectivity index (χ2n) is 13.9. The number of aliphatic hydroxyl groups excluding tert-OH is 1. The quantitative estimate of drug-likeness (QED) is 0.531. The third kappa shape index (κ3) is 4.85. The van der Waals surface area contributed by atoms with Crippen LogP contribution in [0.4, 0.5) is 0 Å². The average Bonchev–Trinajstić information content (AvgIpc) is 3.12. The van der Waals surface area contributed by atoms with Crippen molar-refractivity contribution < 1.29 is 32.0 Å². The molecule has 9 heteroatoms. The Bertz CT molecular complexity index is 1040. The Hall–Kier alpha value is -0.870. The number of nitrogens with zero attached hydrogens (tertiary/aromatic N) is 1. The van der Waals surface area contributed by atoms with Crippen molar-refractivity contribution in [2.45, 2.75) is 90.4 Å². The monoisotopic (exact) mass is 539 g/mol. The number of aliphatic hydroxyl groups is 1. The second-order valence-corrected chi connectivity index (χ2v) is 15.5. The molecule has 0 aromatic carbocycles. The van der Waals surface area contributed by atoms with E-state index < -0.39 is 28.2 Å². The predicted molar refractivity (Wildman–Crippen MR) is 138 cm³/mol. The standard InChI is InChI=1S/C28H45NO7S/c1-26(2)16-29(10-11-35-26)21-13-27(3)17(12-22(21)30)6-7-18-19-8-9-20(24(32)15-36-37(5,33)34)28(19,4)14-23(31)25(18)27/h17-22,25,30H,6-16H2,1-5H3/t17-,18-,19-,20+,21-,22-,25+,27-,28-/m0/s1. The lowest BCUT2D eigenvalue weighted by atomic mass is 9.43. The van der Waals surface area contributed by atoms with Gasteiger partial charge in [0.2, 0.25) is 0 Å². The number of ketones is 2. The number of fused-ring (bicyclic) bond motifs is 5. The summed E-state index contributed by atoms with van der Waals surface area (Å²) in [6, 6.07) is 0.0235. The van der Waals surface area contributed by atoms with E-state index in [0.29, 0.717) is 25.4 Å². The van der Waals surface area contributed by atoms with Crippen molar-refractivity contribution in [3.05, 3.63) is 0 Å². The highest BCUT2D eigenvalue weighted by atomic mass is 32.2. The zero-order chi connectivity index (χ0) is 27.0. The summed E-state index contributed by atoms with van der Waals surface area (Å²) in [5, 5.41) is 11.2. The molecule has 5 rings (SSSR count). The first kappa shape index (κ1) is 27.7. The molecule has 4 aliphatic carbocycles. The lowest BCUT2D eigenvalue weighted by molar-refractivity contribution is -0.177. The molecule has 9 atom stereocenters. The van der Waals surface area contributed by atoms with Crippen molar-refractivity contribution in [1.29, 1.82) is 0 Å². The molecule has 8 nitrogen and oxygen atoms in total. The molecule has 5 fully saturated rings. The highest BCUT2D eigenvalue weighted by Crippen LogP contribution is 2.66. The molecule has 1 saturated heterocycles. The fourth-order valence-corrected chi connectivity index (χ4v) is 9.93. The molecule has 5 aliphatic rings. The van der Waals surface area contributed by atoms with E-state index in [1.165, 1.54) is 0 Å². The number of hydrogen-bond donors (Lipinski definition) is 1. The van der Waals surface area contributed by atoms with Crippen LogP contribution in [0.25, 0.3) is 0 Å². The minimum atomic E-state index is -3.70. The molecule has 0 aromatic heterocycles. The van der Waals surface area contributed by atoms with Crippen molar-refractivity contribution in [3.8, 4) is 0 Å². The molecule has 0 bridgehead atoms. The van der Waals surface area contributed by atoms with Gasteiger partial charge in [0.1, 0.15) is 12.4 Å². The van der Waals surface area contributed by atoms with Gasteiger partial charge in [-0.05, 0) is 81.0 Å². The van der Waals surface area contributed by atoms with Crippen LogP contribution in [0.1, 0.15) is 72.6 Å². The first-order valence-electron chi connectivity index (χ1n) is 14.1. The molecule has 1 aliphatic heterocycles. The smallest absolute Gasteiger partial charge is 0.264 e. The zero-order valence-electron chi connectivity index (χ0n) is 23.1. The molecule has 4 saturated carbocycles. The van der Waals surface area contributed by atoms with Crippen LogP contribution in [0.15, 0.2) is 0 Å². The Balaban J connectivity index is 1.38. The van der Waals surface area contributed by atoms with Gasteiger partial charge in [0.25, 0.3) is 10.1 Å². The minimum absolute atomic E-state index is 0.0235. The van der Waals surface area contributed by atoms with Crippen LogP contribution in [0.2, 0.25) is 0 Å².